The first kappa shape index (κ1) is 21.7. The molecule has 2 aliphatic rings. The van der Waals surface area contributed by atoms with Gasteiger partial charge in [0.05, 0.1) is 28.9 Å². The number of carbonyl (C=O) groups is 2. The quantitative estimate of drug-likeness (QED) is 0.646. The third-order valence-electron chi connectivity index (χ3n) is 5.42. The molecule has 31 heavy (non-hydrogen) atoms. The van der Waals surface area contributed by atoms with E-state index in [2.05, 4.69) is 20.4 Å². The minimum Gasteiger partial charge on any atom is -0.463 e. The van der Waals surface area contributed by atoms with E-state index in [1.807, 2.05) is 41.8 Å². The number of benzene rings is 1. The third kappa shape index (κ3) is 4.87. The number of ether oxygens (including phenoxy) is 1. The summed E-state index contributed by atoms with van der Waals surface area (Å²) in [4.78, 5) is 30.6. The molecule has 1 aromatic heterocycles. The van der Waals surface area contributed by atoms with Gasteiger partial charge in [0.1, 0.15) is 0 Å². The van der Waals surface area contributed by atoms with Gasteiger partial charge in [-0.05, 0) is 30.5 Å². The van der Waals surface area contributed by atoms with Crippen LogP contribution in [0, 0.1) is 0 Å². The van der Waals surface area contributed by atoms with Crippen molar-refractivity contribution in [1.29, 1.82) is 0 Å². The Morgan fingerprint density at radius 2 is 1.97 bits per heavy atom. The summed E-state index contributed by atoms with van der Waals surface area (Å²) in [5.41, 5.74) is 2.10. The lowest BCUT2D eigenvalue weighted by Gasteiger charge is -2.38. The summed E-state index contributed by atoms with van der Waals surface area (Å²) in [6, 6.07) is 10.8. The molecule has 0 unspecified atom stereocenters. The van der Waals surface area contributed by atoms with Crippen molar-refractivity contribution in [2.24, 2.45) is 0 Å². The molecule has 9 heteroatoms. The fourth-order valence-corrected chi connectivity index (χ4v) is 4.98. The van der Waals surface area contributed by atoms with Gasteiger partial charge in [0.15, 0.2) is 0 Å². The van der Waals surface area contributed by atoms with Crippen LogP contribution in [0.3, 0.4) is 0 Å². The molecule has 1 saturated heterocycles. The van der Waals surface area contributed by atoms with Crippen molar-refractivity contribution in [3.8, 4) is 0 Å². The fourth-order valence-electron chi connectivity index (χ4n) is 3.94. The highest BCUT2D eigenvalue weighted by molar-refractivity contribution is 7.10. The molecule has 0 radical (unpaired) electrons. The van der Waals surface area contributed by atoms with E-state index in [1.165, 1.54) is 11.3 Å². The van der Waals surface area contributed by atoms with Crippen LogP contribution in [0.4, 0.5) is 10.5 Å². The summed E-state index contributed by atoms with van der Waals surface area (Å²) in [5.74, 6) is -0.405. The van der Waals surface area contributed by atoms with Crippen LogP contribution < -0.4 is 15.5 Å². The second kappa shape index (κ2) is 9.72. The number of hydrogen-bond acceptors (Lipinski definition) is 6. The maximum Gasteiger partial charge on any atom is 0.338 e. The van der Waals surface area contributed by atoms with Crippen LogP contribution in [0.1, 0.15) is 17.8 Å². The Balaban J connectivity index is 1.53. The summed E-state index contributed by atoms with van der Waals surface area (Å²) >= 11 is 7.85. The number of urea groups is 1. The van der Waals surface area contributed by atoms with Crippen molar-refractivity contribution in [3.05, 3.63) is 62.9 Å². The second-order valence-electron chi connectivity index (χ2n) is 7.37. The van der Waals surface area contributed by atoms with E-state index in [0.29, 0.717) is 17.8 Å². The van der Waals surface area contributed by atoms with Gasteiger partial charge < -0.3 is 20.3 Å². The minimum atomic E-state index is -0.507. The highest BCUT2D eigenvalue weighted by Crippen LogP contribution is 2.31. The molecule has 0 saturated carbocycles. The summed E-state index contributed by atoms with van der Waals surface area (Å²) < 4.78 is 5.33. The summed E-state index contributed by atoms with van der Waals surface area (Å²) in [5, 5.41) is 8.40. The first-order chi connectivity index (χ1) is 15.1. The zero-order valence-corrected chi connectivity index (χ0v) is 18.8. The smallest absolute Gasteiger partial charge is 0.338 e. The van der Waals surface area contributed by atoms with Crippen LogP contribution in [0.5, 0.6) is 0 Å². The van der Waals surface area contributed by atoms with Crippen LogP contribution in [0.15, 0.2) is 53.0 Å². The molecule has 3 heterocycles. The van der Waals surface area contributed by atoms with Gasteiger partial charge in [-0.2, -0.15) is 0 Å². The first-order valence-electron chi connectivity index (χ1n) is 10.3. The van der Waals surface area contributed by atoms with Gasteiger partial charge in [0.25, 0.3) is 0 Å². The number of nitrogens with zero attached hydrogens (tertiary/aromatic N) is 2. The number of rotatable bonds is 6. The molecule has 0 aliphatic carbocycles. The molecule has 0 bridgehead atoms. The van der Waals surface area contributed by atoms with E-state index in [0.717, 1.165) is 41.8 Å². The molecule has 164 valence electrons. The minimum absolute atomic E-state index is 0.275. The van der Waals surface area contributed by atoms with Crippen LogP contribution in [-0.2, 0) is 9.53 Å². The molecule has 1 atom stereocenters. The summed E-state index contributed by atoms with van der Waals surface area (Å²) in [6.07, 6.45) is 0. The largest absolute Gasteiger partial charge is 0.463 e. The lowest BCUT2D eigenvalue weighted by atomic mass is 10.0. The first-order valence-corrected chi connectivity index (χ1v) is 11.6. The van der Waals surface area contributed by atoms with Crippen molar-refractivity contribution in [1.82, 2.24) is 15.5 Å². The van der Waals surface area contributed by atoms with Gasteiger partial charge in [-0.1, -0.05) is 29.8 Å². The van der Waals surface area contributed by atoms with Crippen molar-refractivity contribution in [3.63, 3.8) is 0 Å². The van der Waals surface area contributed by atoms with Gasteiger partial charge >= 0.3 is 12.0 Å². The van der Waals surface area contributed by atoms with Crippen molar-refractivity contribution in [2.75, 3.05) is 44.2 Å². The second-order valence-corrected chi connectivity index (χ2v) is 8.76. The number of esters is 1. The molecular weight excluding hydrogens is 436 g/mol. The molecular formula is C22H25ClN4O3S. The van der Waals surface area contributed by atoms with Gasteiger partial charge in [-0.15, -0.1) is 11.3 Å². The van der Waals surface area contributed by atoms with E-state index in [4.69, 9.17) is 16.3 Å². The average Bonchev–Trinajstić information content (AvgIpc) is 3.29. The number of nitrogens with one attached hydrogen (secondary N) is 2. The van der Waals surface area contributed by atoms with Crippen molar-refractivity contribution in [2.45, 2.75) is 13.0 Å². The number of carbonyl (C=O) groups excluding carboxylic acids is 2. The van der Waals surface area contributed by atoms with Crippen LogP contribution in [0.2, 0.25) is 5.02 Å². The zero-order chi connectivity index (χ0) is 21.8. The van der Waals surface area contributed by atoms with Crippen molar-refractivity contribution >= 4 is 40.6 Å². The Bertz CT molecular complexity index is 971. The number of piperazine rings is 1. The zero-order valence-electron chi connectivity index (χ0n) is 17.3. The van der Waals surface area contributed by atoms with Crippen molar-refractivity contribution < 1.29 is 14.3 Å². The Kier molecular flexibility index (Phi) is 6.80. The predicted molar refractivity (Wildman–Crippen MR) is 122 cm³/mol. The number of thiophene rings is 1. The molecule has 7 nitrogen and oxygen atoms in total. The molecule has 2 amide bonds. The molecule has 2 N–H and O–H groups in total. The van der Waals surface area contributed by atoms with Gasteiger partial charge in [0.2, 0.25) is 0 Å². The Morgan fingerprint density at radius 3 is 2.65 bits per heavy atom. The average molecular weight is 461 g/mol. The number of halogens is 1. The standard InChI is InChI=1S/C22H25ClN4O3S/c1-2-30-21(28)19-16(24-22(29)25-20(19)18-8-5-13-31-18)14-26-9-11-27(12-10-26)17-7-4-3-6-15(17)23/h3-8,13,20H,2,9-12,14H2,1H3,(H2,24,25,29)/t20-/m0/s1. The molecule has 0 spiro atoms. The van der Waals surface area contributed by atoms with Crippen LogP contribution in [0.25, 0.3) is 0 Å². The maximum atomic E-state index is 12.8. The molecule has 1 fully saturated rings. The van der Waals surface area contributed by atoms with Gasteiger partial charge in [0, 0.05) is 43.3 Å². The number of anilines is 1. The van der Waals surface area contributed by atoms with Gasteiger partial charge in [-0.3, -0.25) is 4.90 Å². The van der Waals surface area contributed by atoms with Crippen LogP contribution in [-0.4, -0.2) is 56.2 Å². The monoisotopic (exact) mass is 460 g/mol. The molecule has 2 aliphatic heterocycles. The Hall–Kier alpha value is -2.55. The highest BCUT2D eigenvalue weighted by atomic mass is 35.5. The topological polar surface area (TPSA) is 73.9 Å². The van der Waals surface area contributed by atoms with Gasteiger partial charge in [-0.25, -0.2) is 9.59 Å². The van der Waals surface area contributed by atoms with E-state index >= 15 is 0 Å². The van der Waals surface area contributed by atoms with E-state index in [9.17, 15) is 9.59 Å². The van der Waals surface area contributed by atoms with E-state index in [1.54, 1.807) is 6.92 Å². The molecule has 4 rings (SSSR count). The summed E-state index contributed by atoms with van der Waals surface area (Å²) in [6.45, 7) is 5.73. The Labute approximate surface area is 190 Å². The van der Waals surface area contributed by atoms with E-state index < -0.39 is 12.0 Å². The highest BCUT2D eigenvalue weighted by Gasteiger charge is 2.35. The summed E-state index contributed by atoms with van der Waals surface area (Å²) in [7, 11) is 0. The number of amides is 2. The number of hydrogen-bond donors (Lipinski definition) is 2. The third-order valence-corrected chi connectivity index (χ3v) is 6.68. The predicted octanol–water partition coefficient (Wildman–Crippen LogP) is 3.39. The lowest BCUT2D eigenvalue weighted by molar-refractivity contribution is -0.139. The Morgan fingerprint density at radius 1 is 1.19 bits per heavy atom. The lowest BCUT2D eigenvalue weighted by Crippen LogP contribution is -2.51. The number of para-hydroxylation sites is 1. The molecule has 2 aromatic rings. The van der Waals surface area contributed by atoms with Crippen LogP contribution >= 0.6 is 22.9 Å². The fraction of sp³-hybridized carbons (Fsp3) is 0.364. The molecule has 1 aromatic carbocycles. The maximum absolute atomic E-state index is 12.8. The SMILES string of the molecule is CCOC(=O)C1=C(CN2CCN(c3ccccc3Cl)CC2)NC(=O)N[C@H]1c1cccs1. The van der Waals surface area contributed by atoms with E-state index in [-0.39, 0.29) is 12.6 Å². The normalized spacial score (nSPS) is 19.7.